The number of imidazole rings is 1. The predicted octanol–water partition coefficient (Wildman–Crippen LogP) is -1.11. The van der Waals surface area contributed by atoms with Crippen LogP contribution in [0.5, 0.6) is 0 Å². The highest BCUT2D eigenvalue weighted by atomic mass is 32.2. The van der Waals surface area contributed by atoms with Gasteiger partial charge in [-0.2, -0.15) is 0 Å². The van der Waals surface area contributed by atoms with E-state index in [1.165, 1.54) is 26.9 Å². The molecule has 4 atom stereocenters. The molecule has 138 valence electrons. The lowest BCUT2D eigenvalue weighted by molar-refractivity contribution is -0.0512. The van der Waals surface area contributed by atoms with E-state index in [1.54, 1.807) is 4.57 Å². The van der Waals surface area contributed by atoms with E-state index in [9.17, 15) is 8.42 Å². The number of fused-ring (bicyclic) bond motifs is 1. The van der Waals surface area contributed by atoms with E-state index in [4.69, 9.17) is 19.9 Å². The standard InChI is InChI=1S/C13H20N6O5S/c1-22-9-7(4-18-25(3,20)21)24-13(10(9)23-2)19-6-17-8-11(14)15-5-16-12(8)19/h5-7,9-10,13,18H,4H2,1-3H3,(H2,14,15,16)/t7-,9-,10-,13-/m1/s1. The maximum Gasteiger partial charge on any atom is 0.208 e. The summed E-state index contributed by atoms with van der Waals surface area (Å²) in [7, 11) is -0.316. The molecule has 0 aliphatic carbocycles. The van der Waals surface area contributed by atoms with Gasteiger partial charge < -0.3 is 19.9 Å². The number of hydrogen-bond acceptors (Lipinski definition) is 9. The van der Waals surface area contributed by atoms with Gasteiger partial charge in [0.1, 0.15) is 30.2 Å². The van der Waals surface area contributed by atoms with Crippen molar-refractivity contribution < 1.29 is 22.6 Å². The van der Waals surface area contributed by atoms with E-state index in [0.717, 1.165) is 6.26 Å². The number of nitrogens with zero attached hydrogens (tertiary/aromatic N) is 4. The van der Waals surface area contributed by atoms with E-state index in [2.05, 4.69) is 19.7 Å². The number of rotatable bonds is 6. The molecule has 0 radical (unpaired) electrons. The fourth-order valence-electron chi connectivity index (χ4n) is 2.92. The highest BCUT2D eigenvalue weighted by Crippen LogP contribution is 2.34. The molecular formula is C13H20N6O5S. The fourth-order valence-corrected chi connectivity index (χ4v) is 3.39. The Morgan fingerprint density at radius 3 is 2.64 bits per heavy atom. The summed E-state index contributed by atoms with van der Waals surface area (Å²) in [6.07, 6.45) is 1.81. The van der Waals surface area contributed by atoms with Crippen molar-refractivity contribution in [2.24, 2.45) is 0 Å². The van der Waals surface area contributed by atoms with Crippen molar-refractivity contribution in [1.82, 2.24) is 24.2 Å². The molecule has 1 saturated heterocycles. The molecule has 11 nitrogen and oxygen atoms in total. The summed E-state index contributed by atoms with van der Waals surface area (Å²) in [5, 5.41) is 0. The zero-order valence-electron chi connectivity index (χ0n) is 14.0. The lowest BCUT2D eigenvalue weighted by atomic mass is 10.1. The van der Waals surface area contributed by atoms with Gasteiger partial charge in [-0.1, -0.05) is 0 Å². The van der Waals surface area contributed by atoms with Crippen molar-refractivity contribution in [2.75, 3.05) is 32.8 Å². The molecule has 0 amide bonds. The van der Waals surface area contributed by atoms with Crippen LogP contribution in [0, 0.1) is 0 Å². The second-order valence-electron chi connectivity index (χ2n) is 5.67. The van der Waals surface area contributed by atoms with Gasteiger partial charge >= 0.3 is 0 Å². The number of nitrogen functional groups attached to an aromatic ring is 1. The summed E-state index contributed by atoms with van der Waals surface area (Å²) in [5.74, 6) is 0.259. The topological polar surface area (TPSA) is 143 Å². The van der Waals surface area contributed by atoms with Gasteiger partial charge in [0.2, 0.25) is 10.0 Å². The van der Waals surface area contributed by atoms with Gasteiger partial charge in [0.05, 0.1) is 12.6 Å². The average Bonchev–Trinajstić information content (AvgIpc) is 3.13. The number of methoxy groups -OCH3 is 2. The lowest BCUT2D eigenvalue weighted by Crippen LogP contribution is -2.41. The van der Waals surface area contributed by atoms with Gasteiger partial charge in [0, 0.05) is 20.8 Å². The van der Waals surface area contributed by atoms with E-state index in [-0.39, 0.29) is 12.4 Å². The molecule has 1 aliphatic rings. The molecule has 3 rings (SSSR count). The Kier molecular flexibility index (Phi) is 4.88. The minimum Gasteiger partial charge on any atom is -0.382 e. The van der Waals surface area contributed by atoms with Crippen LogP contribution in [0.2, 0.25) is 0 Å². The molecule has 0 saturated carbocycles. The Morgan fingerprint density at radius 2 is 2.00 bits per heavy atom. The summed E-state index contributed by atoms with van der Waals surface area (Å²) >= 11 is 0. The Hall–Kier alpha value is -1.86. The molecule has 1 aliphatic heterocycles. The molecule has 25 heavy (non-hydrogen) atoms. The van der Waals surface area contributed by atoms with Crippen LogP contribution in [0.4, 0.5) is 5.82 Å². The second kappa shape index (κ2) is 6.80. The number of ether oxygens (including phenoxy) is 3. The lowest BCUT2D eigenvalue weighted by Gasteiger charge is -2.22. The van der Waals surface area contributed by atoms with E-state index < -0.39 is 34.6 Å². The van der Waals surface area contributed by atoms with Crippen LogP contribution in [0.3, 0.4) is 0 Å². The van der Waals surface area contributed by atoms with E-state index >= 15 is 0 Å². The molecule has 0 aromatic carbocycles. The van der Waals surface area contributed by atoms with Gasteiger partial charge in [0.15, 0.2) is 17.7 Å². The Morgan fingerprint density at radius 1 is 1.28 bits per heavy atom. The number of nitrogens with two attached hydrogens (primary N) is 1. The maximum atomic E-state index is 11.4. The van der Waals surface area contributed by atoms with Crippen molar-refractivity contribution in [3.8, 4) is 0 Å². The van der Waals surface area contributed by atoms with Crippen LogP contribution in [0.15, 0.2) is 12.7 Å². The monoisotopic (exact) mass is 372 g/mol. The third-order valence-electron chi connectivity index (χ3n) is 4.04. The van der Waals surface area contributed by atoms with Crippen LogP contribution < -0.4 is 10.5 Å². The normalized spacial score (nSPS) is 27.2. The molecule has 12 heteroatoms. The number of sulfonamides is 1. The van der Waals surface area contributed by atoms with E-state index in [0.29, 0.717) is 11.2 Å². The predicted molar refractivity (Wildman–Crippen MR) is 88.1 cm³/mol. The van der Waals surface area contributed by atoms with Crippen molar-refractivity contribution in [2.45, 2.75) is 24.5 Å². The molecule has 0 unspecified atom stereocenters. The second-order valence-corrected chi connectivity index (χ2v) is 7.50. The third kappa shape index (κ3) is 3.43. The van der Waals surface area contributed by atoms with Crippen molar-refractivity contribution in [3.63, 3.8) is 0 Å². The first kappa shape index (κ1) is 17.9. The zero-order chi connectivity index (χ0) is 18.2. The first-order chi connectivity index (χ1) is 11.9. The number of hydrogen-bond donors (Lipinski definition) is 2. The summed E-state index contributed by atoms with van der Waals surface area (Å²) in [4.78, 5) is 12.3. The molecule has 2 aromatic rings. The smallest absolute Gasteiger partial charge is 0.208 e. The molecule has 1 fully saturated rings. The highest BCUT2D eigenvalue weighted by molar-refractivity contribution is 7.88. The van der Waals surface area contributed by atoms with Crippen LogP contribution in [-0.2, 0) is 24.2 Å². The first-order valence-electron chi connectivity index (χ1n) is 7.44. The zero-order valence-corrected chi connectivity index (χ0v) is 14.8. The van der Waals surface area contributed by atoms with Crippen LogP contribution in [0.25, 0.3) is 11.2 Å². The minimum atomic E-state index is -3.36. The SMILES string of the molecule is CO[C@@H]1[C@H](OC)[C@@H](CNS(C)(=O)=O)O[C@H]1n1cnc2c(N)ncnc21. The Labute approximate surface area is 144 Å². The van der Waals surface area contributed by atoms with Gasteiger partial charge in [-0.3, -0.25) is 4.57 Å². The average molecular weight is 372 g/mol. The molecular weight excluding hydrogens is 352 g/mol. The Balaban J connectivity index is 1.93. The minimum absolute atomic E-state index is 0.0530. The van der Waals surface area contributed by atoms with Crippen molar-refractivity contribution >= 4 is 27.0 Å². The number of anilines is 1. The summed E-state index contributed by atoms with van der Waals surface area (Å²) in [6, 6.07) is 0. The van der Waals surface area contributed by atoms with Crippen molar-refractivity contribution in [1.29, 1.82) is 0 Å². The van der Waals surface area contributed by atoms with Crippen LogP contribution in [-0.4, -0.2) is 73.3 Å². The van der Waals surface area contributed by atoms with Crippen molar-refractivity contribution in [3.05, 3.63) is 12.7 Å². The first-order valence-corrected chi connectivity index (χ1v) is 9.33. The summed E-state index contributed by atoms with van der Waals surface area (Å²) in [5.41, 5.74) is 6.75. The number of aromatic nitrogens is 4. The molecule has 2 aromatic heterocycles. The maximum absolute atomic E-state index is 11.4. The van der Waals surface area contributed by atoms with Gasteiger partial charge in [-0.25, -0.2) is 28.1 Å². The summed E-state index contributed by atoms with van der Waals surface area (Å²) in [6.45, 7) is 0.0530. The van der Waals surface area contributed by atoms with Gasteiger partial charge in [0.25, 0.3) is 0 Å². The molecule has 0 bridgehead atoms. The molecule has 3 heterocycles. The van der Waals surface area contributed by atoms with E-state index in [1.807, 2.05) is 0 Å². The largest absolute Gasteiger partial charge is 0.382 e. The fraction of sp³-hybridized carbons (Fsp3) is 0.615. The molecule has 0 spiro atoms. The van der Waals surface area contributed by atoms with Crippen LogP contribution in [0.1, 0.15) is 6.23 Å². The molecule has 3 N–H and O–H groups in total. The third-order valence-corrected chi connectivity index (χ3v) is 4.73. The highest BCUT2D eigenvalue weighted by Gasteiger charge is 2.47. The van der Waals surface area contributed by atoms with Gasteiger partial charge in [-0.15, -0.1) is 0 Å². The summed E-state index contributed by atoms with van der Waals surface area (Å²) < 4.78 is 43.9. The Bertz CT molecular complexity index is 856. The quantitative estimate of drug-likeness (QED) is 0.644. The number of nitrogens with one attached hydrogen (secondary N) is 1. The van der Waals surface area contributed by atoms with Crippen LogP contribution >= 0.6 is 0 Å². The van der Waals surface area contributed by atoms with Gasteiger partial charge in [-0.05, 0) is 0 Å².